The molecule has 3 aromatic carbocycles. The first-order chi connectivity index (χ1) is 16.8. The lowest BCUT2D eigenvalue weighted by Gasteiger charge is -2.08. The van der Waals surface area contributed by atoms with E-state index >= 15 is 0 Å². The van der Waals surface area contributed by atoms with Crippen molar-refractivity contribution in [2.24, 2.45) is 0 Å². The van der Waals surface area contributed by atoms with Crippen LogP contribution in [0.25, 0.3) is 33.9 Å². The predicted octanol–water partition coefficient (Wildman–Crippen LogP) is 6.84. The number of anilines is 1. The van der Waals surface area contributed by atoms with Crippen molar-refractivity contribution in [3.05, 3.63) is 99.3 Å². The minimum Gasteiger partial charge on any atom is -0.451 e. The zero-order valence-corrected chi connectivity index (χ0v) is 19.3. The van der Waals surface area contributed by atoms with Gasteiger partial charge in [0.05, 0.1) is 4.92 Å². The number of hydrogen-bond donors (Lipinski definition) is 1. The summed E-state index contributed by atoms with van der Waals surface area (Å²) in [6.45, 7) is 5.64. The molecule has 0 fully saturated rings. The number of fused-ring (bicyclic) bond motifs is 1. The molecule has 0 unspecified atom stereocenters. The molecule has 5 rings (SSSR count). The molecule has 1 amide bonds. The second-order valence-electron chi connectivity index (χ2n) is 8.39. The van der Waals surface area contributed by atoms with Crippen molar-refractivity contribution in [2.75, 3.05) is 5.32 Å². The summed E-state index contributed by atoms with van der Waals surface area (Å²) in [7, 11) is 0. The number of nitro benzene ring substituents is 1. The maximum atomic E-state index is 12.9. The van der Waals surface area contributed by atoms with E-state index in [0.29, 0.717) is 34.0 Å². The van der Waals surface area contributed by atoms with Crippen LogP contribution in [0.3, 0.4) is 0 Å². The lowest BCUT2D eigenvalue weighted by molar-refractivity contribution is -0.384. The molecule has 0 saturated heterocycles. The molecular weight excluding hydrogens is 446 g/mol. The summed E-state index contributed by atoms with van der Waals surface area (Å²) in [5.41, 5.74) is 6.13. The first kappa shape index (κ1) is 22.1. The Morgan fingerprint density at radius 2 is 1.74 bits per heavy atom. The van der Waals surface area contributed by atoms with Gasteiger partial charge in [0, 0.05) is 28.9 Å². The van der Waals surface area contributed by atoms with Crippen LogP contribution < -0.4 is 5.32 Å². The molecule has 35 heavy (non-hydrogen) atoms. The predicted molar refractivity (Wildman–Crippen MR) is 132 cm³/mol. The lowest BCUT2D eigenvalue weighted by atomic mass is 10.1. The third-order valence-corrected chi connectivity index (χ3v) is 5.79. The van der Waals surface area contributed by atoms with E-state index in [1.807, 2.05) is 50.2 Å². The second-order valence-corrected chi connectivity index (χ2v) is 8.39. The van der Waals surface area contributed by atoms with Gasteiger partial charge in [-0.15, -0.1) is 0 Å². The van der Waals surface area contributed by atoms with Crippen LogP contribution in [-0.2, 0) is 0 Å². The van der Waals surface area contributed by atoms with Crippen LogP contribution in [0.4, 0.5) is 11.4 Å². The van der Waals surface area contributed by atoms with Gasteiger partial charge in [-0.05, 0) is 79.9 Å². The van der Waals surface area contributed by atoms with E-state index in [9.17, 15) is 14.9 Å². The van der Waals surface area contributed by atoms with Gasteiger partial charge in [0.15, 0.2) is 11.3 Å². The van der Waals surface area contributed by atoms with E-state index in [0.717, 1.165) is 22.2 Å². The topological polar surface area (TPSA) is 111 Å². The molecule has 8 heteroatoms. The first-order valence-corrected chi connectivity index (χ1v) is 10.9. The molecule has 0 bridgehead atoms. The average Bonchev–Trinajstić information content (AvgIpc) is 3.47. The monoisotopic (exact) mass is 467 g/mol. The van der Waals surface area contributed by atoms with Crippen molar-refractivity contribution >= 4 is 28.4 Å². The zero-order valence-electron chi connectivity index (χ0n) is 19.3. The number of nitro groups is 1. The Hall–Kier alpha value is -4.72. The van der Waals surface area contributed by atoms with Crippen molar-refractivity contribution in [3.8, 4) is 22.8 Å². The van der Waals surface area contributed by atoms with Crippen molar-refractivity contribution in [1.82, 2.24) is 4.98 Å². The molecule has 8 nitrogen and oxygen atoms in total. The van der Waals surface area contributed by atoms with Gasteiger partial charge in [-0.2, -0.15) is 0 Å². The minimum absolute atomic E-state index is 0.000192. The number of carbonyl (C=O) groups excluding carboxylic acids is 1. The summed E-state index contributed by atoms with van der Waals surface area (Å²) in [6, 6.07) is 19.2. The number of rotatable bonds is 5. The summed E-state index contributed by atoms with van der Waals surface area (Å²) in [4.78, 5) is 28.0. The van der Waals surface area contributed by atoms with Gasteiger partial charge in [-0.25, -0.2) is 4.98 Å². The number of nitrogens with zero attached hydrogens (tertiary/aromatic N) is 2. The van der Waals surface area contributed by atoms with E-state index in [1.54, 1.807) is 25.1 Å². The largest absolute Gasteiger partial charge is 0.451 e. The number of nitrogens with one attached hydrogen (secondary N) is 1. The quantitative estimate of drug-likeness (QED) is 0.224. The number of furan rings is 1. The van der Waals surface area contributed by atoms with Crippen molar-refractivity contribution in [1.29, 1.82) is 0 Å². The Morgan fingerprint density at radius 1 is 0.914 bits per heavy atom. The smallest absolute Gasteiger partial charge is 0.291 e. The van der Waals surface area contributed by atoms with Gasteiger partial charge >= 0.3 is 0 Å². The van der Waals surface area contributed by atoms with Gasteiger partial charge in [0.1, 0.15) is 11.3 Å². The molecule has 174 valence electrons. The van der Waals surface area contributed by atoms with Crippen LogP contribution in [0.15, 0.2) is 75.6 Å². The molecule has 0 saturated carbocycles. The van der Waals surface area contributed by atoms with Gasteiger partial charge in [-0.3, -0.25) is 14.9 Å². The summed E-state index contributed by atoms with van der Waals surface area (Å²) in [6.07, 6.45) is 0. The van der Waals surface area contributed by atoms with E-state index in [2.05, 4.69) is 10.3 Å². The molecule has 0 atom stereocenters. The highest BCUT2D eigenvalue weighted by Gasteiger charge is 2.17. The van der Waals surface area contributed by atoms with Crippen LogP contribution >= 0.6 is 0 Å². The Kier molecular flexibility index (Phi) is 5.41. The highest BCUT2D eigenvalue weighted by Crippen LogP contribution is 2.31. The molecule has 2 heterocycles. The Labute approximate surface area is 200 Å². The maximum absolute atomic E-state index is 12.9. The van der Waals surface area contributed by atoms with Gasteiger partial charge in [0.2, 0.25) is 5.89 Å². The summed E-state index contributed by atoms with van der Waals surface area (Å²) in [5.74, 6) is 0.633. The van der Waals surface area contributed by atoms with E-state index in [1.165, 1.54) is 12.1 Å². The molecule has 0 spiro atoms. The van der Waals surface area contributed by atoms with Crippen LogP contribution in [0.2, 0.25) is 0 Å². The van der Waals surface area contributed by atoms with E-state index < -0.39 is 10.8 Å². The fourth-order valence-electron chi connectivity index (χ4n) is 3.88. The summed E-state index contributed by atoms with van der Waals surface area (Å²) < 4.78 is 11.7. The third-order valence-electron chi connectivity index (χ3n) is 5.79. The SMILES string of the molecule is Cc1ccc2oc(-c3ccc(C)c(NC(=O)c4ccc(-c5ccc([N+](=O)[O-])cc5C)o4)c3)nc2c1. The Balaban J connectivity index is 1.39. The third kappa shape index (κ3) is 4.29. The number of aromatic nitrogens is 1. The molecule has 0 aliphatic heterocycles. The summed E-state index contributed by atoms with van der Waals surface area (Å²) in [5, 5.41) is 13.9. The van der Waals surface area contributed by atoms with Gasteiger partial charge in [-0.1, -0.05) is 12.1 Å². The van der Waals surface area contributed by atoms with Gasteiger partial charge < -0.3 is 14.2 Å². The van der Waals surface area contributed by atoms with Gasteiger partial charge in [0.25, 0.3) is 11.6 Å². The minimum atomic E-state index is -0.448. The molecule has 2 aromatic heterocycles. The average molecular weight is 467 g/mol. The number of amides is 1. The lowest BCUT2D eigenvalue weighted by Crippen LogP contribution is -2.11. The van der Waals surface area contributed by atoms with Crippen molar-refractivity contribution in [3.63, 3.8) is 0 Å². The highest BCUT2D eigenvalue weighted by molar-refractivity contribution is 6.03. The fourth-order valence-corrected chi connectivity index (χ4v) is 3.88. The molecule has 5 aromatic rings. The number of hydrogen-bond acceptors (Lipinski definition) is 6. The highest BCUT2D eigenvalue weighted by atomic mass is 16.6. The number of aryl methyl sites for hydroxylation is 3. The van der Waals surface area contributed by atoms with Crippen LogP contribution in [0, 0.1) is 30.9 Å². The normalized spacial score (nSPS) is 11.1. The van der Waals surface area contributed by atoms with Crippen LogP contribution in [-0.4, -0.2) is 15.8 Å². The molecule has 1 N–H and O–H groups in total. The molecule has 0 radical (unpaired) electrons. The fraction of sp³-hybridized carbons (Fsp3) is 0.111. The molecule has 0 aliphatic rings. The van der Waals surface area contributed by atoms with Crippen LogP contribution in [0.1, 0.15) is 27.2 Å². The maximum Gasteiger partial charge on any atom is 0.291 e. The number of non-ortho nitro benzene ring substituents is 1. The molecular formula is C27H21N3O5. The summed E-state index contributed by atoms with van der Waals surface area (Å²) >= 11 is 0. The van der Waals surface area contributed by atoms with Crippen LogP contribution in [0.5, 0.6) is 0 Å². The number of oxazole rings is 1. The van der Waals surface area contributed by atoms with Crippen molar-refractivity contribution in [2.45, 2.75) is 20.8 Å². The Morgan fingerprint density at radius 3 is 2.51 bits per heavy atom. The standard InChI is InChI=1S/C27H21N3O5/c1-15-4-9-24-22(12-15)29-27(35-24)18-6-5-16(2)21(14-18)28-26(31)25-11-10-23(34-25)20-8-7-19(30(32)33)13-17(20)3/h4-14H,1-3H3,(H,28,31). The number of carbonyl (C=O) groups is 1. The zero-order chi connectivity index (χ0) is 24.7. The van der Waals surface area contributed by atoms with Crippen molar-refractivity contribution < 1.29 is 18.6 Å². The second kappa shape index (κ2) is 8.57. The first-order valence-electron chi connectivity index (χ1n) is 10.9. The number of benzene rings is 3. The Bertz CT molecular complexity index is 1610. The molecule has 0 aliphatic carbocycles. The van der Waals surface area contributed by atoms with E-state index in [-0.39, 0.29) is 11.4 Å². The van der Waals surface area contributed by atoms with E-state index in [4.69, 9.17) is 8.83 Å².